The first-order valence-corrected chi connectivity index (χ1v) is 7.35. The van der Waals surface area contributed by atoms with Gasteiger partial charge in [-0.05, 0) is 37.9 Å². The number of nitrogens with two attached hydrogens (primary N) is 1. The monoisotopic (exact) mass is 278 g/mol. The Morgan fingerprint density at radius 3 is 2.35 bits per heavy atom. The highest BCUT2D eigenvalue weighted by Gasteiger charge is 2.17. The Morgan fingerprint density at radius 2 is 1.75 bits per heavy atom. The van der Waals surface area contributed by atoms with Crippen LogP contribution in [0.1, 0.15) is 32.8 Å². The number of hydrogen-bond donors (Lipinski definition) is 1. The van der Waals surface area contributed by atoms with Crippen LogP contribution < -0.4 is 15.2 Å². The minimum atomic E-state index is 0.530. The number of hydrogen-bond acceptors (Lipinski definition) is 4. The van der Waals surface area contributed by atoms with Gasteiger partial charge in [0.15, 0.2) is 11.5 Å². The molecule has 0 aromatic heterocycles. The van der Waals surface area contributed by atoms with Gasteiger partial charge in [0.05, 0.1) is 0 Å². The van der Waals surface area contributed by atoms with E-state index in [4.69, 9.17) is 15.2 Å². The Balaban J connectivity index is 2.09. The number of benzene rings is 1. The van der Waals surface area contributed by atoms with Crippen LogP contribution in [0.15, 0.2) is 12.1 Å². The van der Waals surface area contributed by atoms with E-state index in [2.05, 4.69) is 32.7 Å². The van der Waals surface area contributed by atoms with Gasteiger partial charge in [0.2, 0.25) is 0 Å². The van der Waals surface area contributed by atoms with Crippen molar-refractivity contribution in [3.63, 3.8) is 0 Å². The predicted octanol–water partition coefficient (Wildman–Crippen LogP) is 2.91. The first kappa shape index (κ1) is 15.0. The molecule has 2 rings (SSSR count). The fourth-order valence-corrected chi connectivity index (χ4v) is 2.57. The second-order valence-corrected chi connectivity index (χ2v) is 6.09. The molecule has 0 aliphatic carbocycles. The fraction of sp³-hybridized carbons (Fsp3) is 0.625. The molecule has 20 heavy (non-hydrogen) atoms. The SMILES string of the molecule is CC(C)CC(C)N(C)Cc1cc2c(cc1N)OCCO2. The molecule has 0 bridgehead atoms. The molecule has 0 saturated carbocycles. The van der Waals surface area contributed by atoms with Crippen molar-refractivity contribution >= 4 is 5.69 Å². The van der Waals surface area contributed by atoms with Crippen LogP contribution in [0.3, 0.4) is 0 Å². The maximum absolute atomic E-state index is 6.13. The van der Waals surface area contributed by atoms with Gasteiger partial charge in [-0.1, -0.05) is 13.8 Å². The first-order valence-electron chi connectivity index (χ1n) is 7.35. The van der Waals surface area contributed by atoms with Gasteiger partial charge >= 0.3 is 0 Å². The van der Waals surface area contributed by atoms with Crippen molar-refractivity contribution in [1.29, 1.82) is 0 Å². The standard InChI is InChI=1S/C16H26N2O2/c1-11(2)7-12(3)18(4)10-13-8-15-16(9-14(13)17)20-6-5-19-15/h8-9,11-12H,5-7,10,17H2,1-4H3. The Bertz CT molecular complexity index is 460. The van der Waals surface area contributed by atoms with E-state index in [0.717, 1.165) is 29.3 Å². The van der Waals surface area contributed by atoms with E-state index in [1.165, 1.54) is 6.42 Å². The lowest BCUT2D eigenvalue weighted by molar-refractivity contribution is 0.171. The maximum Gasteiger partial charge on any atom is 0.163 e. The summed E-state index contributed by atoms with van der Waals surface area (Å²) in [6.45, 7) is 8.79. The molecule has 112 valence electrons. The molecule has 4 nitrogen and oxygen atoms in total. The molecule has 1 aliphatic rings. The second kappa shape index (κ2) is 6.35. The summed E-state index contributed by atoms with van der Waals surface area (Å²) >= 11 is 0. The van der Waals surface area contributed by atoms with E-state index in [9.17, 15) is 0 Å². The number of fused-ring (bicyclic) bond motifs is 1. The lowest BCUT2D eigenvalue weighted by Crippen LogP contribution is -2.30. The number of nitrogens with zero attached hydrogens (tertiary/aromatic N) is 1. The van der Waals surface area contributed by atoms with E-state index >= 15 is 0 Å². The molecule has 2 N–H and O–H groups in total. The second-order valence-electron chi connectivity index (χ2n) is 6.09. The van der Waals surface area contributed by atoms with Crippen molar-refractivity contribution in [2.45, 2.75) is 39.8 Å². The molecule has 4 heteroatoms. The minimum absolute atomic E-state index is 0.530. The third kappa shape index (κ3) is 3.57. The van der Waals surface area contributed by atoms with Crippen LogP contribution >= 0.6 is 0 Å². The summed E-state index contributed by atoms with van der Waals surface area (Å²) in [4.78, 5) is 2.34. The summed E-state index contributed by atoms with van der Waals surface area (Å²) < 4.78 is 11.2. The molecule has 1 unspecified atom stereocenters. The smallest absolute Gasteiger partial charge is 0.163 e. The Kier molecular flexibility index (Phi) is 4.76. The third-order valence-corrected chi connectivity index (χ3v) is 3.79. The predicted molar refractivity (Wildman–Crippen MR) is 82.2 cm³/mol. The zero-order valence-corrected chi connectivity index (χ0v) is 13.0. The number of anilines is 1. The zero-order chi connectivity index (χ0) is 14.7. The number of nitrogen functional groups attached to an aromatic ring is 1. The van der Waals surface area contributed by atoms with Gasteiger partial charge in [0.1, 0.15) is 13.2 Å². The minimum Gasteiger partial charge on any atom is -0.486 e. The molecule has 0 spiro atoms. The van der Waals surface area contributed by atoms with Crippen LogP contribution in [-0.2, 0) is 6.54 Å². The van der Waals surface area contributed by atoms with Crippen LogP contribution in [0.4, 0.5) is 5.69 Å². The Morgan fingerprint density at radius 1 is 1.15 bits per heavy atom. The van der Waals surface area contributed by atoms with Crippen molar-refractivity contribution in [2.24, 2.45) is 5.92 Å². The molecule has 0 saturated heterocycles. The lowest BCUT2D eigenvalue weighted by Gasteiger charge is -2.27. The van der Waals surface area contributed by atoms with Crippen LogP contribution in [-0.4, -0.2) is 31.2 Å². The summed E-state index contributed by atoms with van der Waals surface area (Å²) in [7, 11) is 2.14. The van der Waals surface area contributed by atoms with Crippen molar-refractivity contribution in [1.82, 2.24) is 4.90 Å². The van der Waals surface area contributed by atoms with Crippen LogP contribution in [0, 0.1) is 5.92 Å². The largest absolute Gasteiger partial charge is 0.486 e. The summed E-state index contributed by atoms with van der Waals surface area (Å²) in [5.74, 6) is 2.27. The summed E-state index contributed by atoms with van der Waals surface area (Å²) in [5, 5.41) is 0. The van der Waals surface area contributed by atoms with E-state index < -0.39 is 0 Å². The Hall–Kier alpha value is -1.42. The van der Waals surface area contributed by atoms with Crippen molar-refractivity contribution in [2.75, 3.05) is 26.0 Å². The summed E-state index contributed by atoms with van der Waals surface area (Å²) in [5.41, 5.74) is 8.01. The van der Waals surface area contributed by atoms with Gasteiger partial charge in [-0.25, -0.2) is 0 Å². The van der Waals surface area contributed by atoms with E-state index in [-0.39, 0.29) is 0 Å². The van der Waals surface area contributed by atoms with Gasteiger partial charge < -0.3 is 15.2 Å². The van der Waals surface area contributed by atoms with Gasteiger partial charge in [0.25, 0.3) is 0 Å². The third-order valence-electron chi connectivity index (χ3n) is 3.79. The van der Waals surface area contributed by atoms with Crippen LogP contribution in [0.25, 0.3) is 0 Å². The van der Waals surface area contributed by atoms with Gasteiger partial charge in [0, 0.05) is 24.3 Å². The normalized spacial score (nSPS) is 15.7. The number of ether oxygens (including phenoxy) is 2. The molecule has 1 heterocycles. The highest BCUT2D eigenvalue weighted by atomic mass is 16.6. The first-order chi connectivity index (χ1) is 9.47. The zero-order valence-electron chi connectivity index (χ0n) is 13.0. The summed E-state index contributed by atoms with van der Waals surface area (Å²) in [6, 6.07) is 4.43. The number of rotatable bonds is 5. The van der Waals surface area contributed by atoms with Crippen molar-refractivity contribution in [3.05, 3.63) is 17.7 Å². The molecule has 0 amide bonds. The topological polar surface area (TPSA) is 47.7 Å². The average Bonchev–Trinajstić information content (AvgIpc) is 2.38. The molecule has 1 atom stereocenters. The van der Waals surface area contributed by atoms with E-state index in [1.54, 1.807) is 0 Å². The average molecular weight is 278 g/mol. The van der Waals surface area contributed by atoms with Gasteiger partial charge in [-0.2, -0.15) is 0 Å². The molecular weight excluding hydrogens is 252 g/mol. The Labute approximate surface area is 121 Å². The quantitative estimate of drug-likeness (QED) is 0.841. The fourth-order valence-electron chi connectivity index (χ4n) is 2.57. The molecule has 1 aromatic rings. The molecule has 1 aromatic carbocycles. The highest BCUT2D eigenvalue weighted by molar-refractivity contribution is 5.58. The highest BCUT2D eigenvalue weighted by Crippen LogP contribution is 2.35. The van der Waals surface area contributed by atoms with Crippen molar-refractivity contribution in [3.8, 4) is 11.5 Å². The van der Waals surface area contributed by atoms with Gasteiger partial charge in [-0.15, -0.1) is 0 Å². The van der Waals surface area contributed by atoms with E-state index in [0.29, 0.717) is 25.2 Å². The summed E-state index contributed by atoms with van der Waals surface area (Å²) in [6.07, 6.45) is 1.18. The van der Waals surface area contributed by atoms with Crippen LogP contribution in [0.5, 0.6) is 11.5 Å². The molecule has 1 aliphatic heterocycles. The van der Waals surface area contributed by atoms with E-state index in [1.807, 2.05) is 12.1 Å². The van der Waals surface area contributed by atoms with Crippen molar-refractivity contribution < 1.29 is 9.47 Å². The van der Waals surface area contributed by atoms with Gasteiger partial charge in [-0.3, -0.25) is 4.90 Å². The lowest BCUT2D eigenvalue weighted by atomic mass is 10.0. The maximum atomic E-state index is 6.13. The van der Waals surface area contributed by atoms with Crippen LogP contribution in [0.2, 0.25) is 0 Å². The molecule has 0 fully saturated rings. The molecular formula is C16H26N2O2. The molecule has 0 radical (unpaired) electrons.